The minimum atomic E-state index is -0.945. The summed E-state index contributed by atoms with van der Waals surface area (Å²) < 4.78 is 5.27. The van der Waals surface area contributed by atoms with Gasteiger partial charge >= 0.3 is 11.8 Å². The molecule has 98 valence electrons. The van der Waals surface area contributed by atoms with Crippen molar-refractivity contribution in [3.05, 3.63) is 28.8 Å². The molecule has 0 radical (unpaired) electrons. The summed E-state index contributed by atoms with van der Waals surface area (Å²) in [4.78, 5) is 23.4. The van der Waals surface area contributed by atoms with Gasteiger partial charge in [0.05, 0.1) is 7.11 Å². The van der Waals surface area contributed by atoms with Crippen molar-refractivity contribution >= 4 is 11.8 Å². The normalized spacial score (nSPS) is 10.0. The number of carbonyl (C=O) groups excluding carboxylic acids is 2. The zero-order chi connectivity index (χ0) is 13.9. The van der Waals surface area contributed by atoms with E-state index in [9.17, 15) is 9.59 Å². The van der Waals surface area contributed by atoms with Crippen molar-refractivity contribution in [2.75, 3.05) is 14.2 Å². The molecule has 0 bridgehead atoms. The minimum absolute atomic E-state index is 0.341. The Labute approximate surface area is 107 Å². The third-order valence-corrected chi connectivity index (χ3v) is 2.70. The zero-order valence-electron chi connectivity index (χ0n) is 11.1. The fourth-order valence-electron chi connectivity index (χ4n) is 1.99. The first-order valence-corrected chi connectivity index (χ1v) is 5.55. The monoisotopic (exact) mass is 250 g/mol. The van der Waals surface area contributed by atoms with Gasteiger partial charge in [-0.15, -0.1) is 0 Å². The Morgan fingerprint density at radius 1 is 1.28 bits per heavy atom. The molecule has 0 unspecified atom stereocenters. The number of hydrogen-bond donors (Lipinski definition) is 1. The third kappa shape index (κ3) is 3.00. The lowest BCUT2D eigenvalue weighted by molar-refractivity contribution is -0.143. The summed E-state index contributed by atoms with van der Waals surface area (Å²) >= 11 is 0. The number of likely N-dealkylation sites (N-methyl/N-ethyl adjacent to an activating group) is 1. The van der Waals surface area contributed by atoms with Crippen LogP contribution < -0.4 is 10.5 Å². The maximum absolute atomic E-state index is 11.4. The second-order valence-electron chi connectivity index (χ2n) is 4.29. The number of primary amides is 1. The highest BCUT2D eigenvalue weighted by Gasteiger charge is 2.15. The van der Waals surface area contributed by atoms with Gasteiger partial charge in [-0.3, -0.25) is 9.59 Å². The standard InChI is InChI=1S/C13H18N2O3/c1-8-5-10(6-9(2)11(8)18-4)7-15(3)13(17)12(14)16/h5-6H,7H2,1-4H3,(H2,14,16). The van der Waals surface area contributed by atoms with Crippen molar-refractivity contribution in [1.82, 2.24) is 4.90 Å². The lowest BCUT2D eigenvalue weighted by Gasteiger charge is -2.17. The average molecular weight is 250 g/mol. The molecule has 0 aliphatic heterocycles. The SMILES string of the molecule is COc1c(C)cc(CN(C)C(=O)C(N)=O)cc1C. The van der Waals surface area contributed by atoms with E-state index in [-0.39, 0.29) is 0 Å². The summed E-state index contributed by atoms with van der Waals surface area (Å²) in [5, 5.41) is 0. The van der Waals surface area contributed by atoms with Crippen molar-refractivity contribution in [2.45, 2.75) is 20.4 Å². The van der Waals surface area contributed by atoms with E-state index in [0.717, 1.165) is 22.4 Å². The van der Waals surface area contributed by atoms with E-state index in [0.29, 0.717) is 6.54 Å². The first kappa shape index (κ1) is 14.0. The van der Waals surface area contributed by atoms with Crippen LogP contribution in [-0.4, -0.2) is 30.9 Å². The van der Waals surface area contributed by atoms with Gasteiger partial charge < -0.3 is 15.4 Å². The van der Waals surface area contributed by atoms with Crippen LogP contribution in [0.25, 0.3) is 0 Å². The summed E-state index contributed by atoms with van der Waals surface area (Å²) in [7, 11) is 3.17. The van der Waals surface area contributed by atoms with E-state index in [4.69, 9.17) is 10.5 Å². The highest BCUT2D eigenvalue weighted by Crippen LogP contribution is 2.24. The van der Waals surface area contributed by atoms with Gasteiger partial charge in [-0.1, -0.05) is 12.1 Å². The maximum Gasteiger partial charge on any atom is 0.311 e. The lowest BCUT2D eigenvalue weighted by Crippen LogP contribution is -2.37. The fourth-order valence-corrected chi connectivity index (χ4v) is 1.99. The lowest BCUT2D eigenvalue weighted by atomic mass is 10.1. The van der Waals surface area contributed by atoms with E-state index in [1.807, 2.05) is 26.0 Å². The summed E-state index contributed by atoms with van der Waals surface area (Å²) in [5.41, 5.74) is 7.87. The number of hydrogen-bond acceptors (Lipinski definition) is 3. The van der Waals surface area contributed by atoms with Crippen molar-refractivity contribution in [1.29, 1.82) is 0 Å². The predicted molar refractivity (Wildman–Crippen MR) is 68.1 cm³/mol. The van der Waals surface area contributed by atoms with Crippen LogP contribution in [0.1, 0.15) is 16.7 Å². The van der Waals surface area contributed by atoms with Crippen LogP contribution in [0, 0.1) is 13.8 Å². The van der Waals surface area contributed by atoms with Crippen LogP contribution >= 0.6 is 0 Å². The zero-order valence-corrected chi connectivity index (χ0v) is 11.1. The third-order valence-electron chi connectivity index (χ3n) is 2.70. The van der Waals surface area contributed by atoms with Crippen LogP contribution in [0.2, 0.25) is 0 Å². The molecule has 0 aliphatic carbocycles. The van der Waals surface area contributed by atoms with Gasteiger partial charge in [-0.25, -0.2) is 0 Å². The Hall–Kier alpha value is -2.04. The molecule has 2 amide bonds. The van der Waals surface area contributed by atoms with E-state index < -0.39 is 11.8 Å². The number of methoxy groups -OCH3 is 1. The number of ether oxygens (including phenoxy) is 1. The molecule has 18 heavy (non-hydrogen) atoms. The molecule has 2 N–H and O–H groups in total. The summed E-state index contributed by atoms with van der Waals surface area (Å²) in [5.74, 6) is -0.803. The Kier molecular flexibility index (Phi) is 4.31. The summed E-state index contributed by atoms with van der Waals surface area (Å²) in [6.45, 7) is 4.21. The van der Waals surface area contributed by atoms with E-state index >= 15 is 0 Å². The van der Waals surface area contributed by atoms with E-state index in [2.05, 4.69) is 0 Å². The number of rotatable bonds is 3. The highest BCUT2D eigenvalue weighted by molar-refractivity contribution is 6.34. The Morgan fingerprint density at radius 2 is 1.78 bits per heavy atom. The minimum Gasteiger partial charge on any atom is -0.496 e. The number of benzene rings is 1. The Morgan fingerprint density at radius 3 is 2.17 bits per heavy atom. The molecular formula is C13H18N2O3. The summed E-state index contributed by atoms with van der Waals surface area (Å²) in [6, 6.07) is 3.85. The van der Waals surface area contributed by atoms with Gasteiger partial charge in [0.1, 0.15) is 5.75 Å². The molecule has 0 aromatic heterocycles. The number of nitrogens with two attached hydrogens (primary N) is 1. The second-order valence-corrected chi connectivity index (χ2v) is 4.29. The van der Waals surface area contributed by atoms with Crippen LogP contribution in [0.3, 0.4) is 0 Å². The van der Waals surface area contributed by atoms with Crippen LogP contribution in [0.5, 0.6) is 5.75 Å². The number of amides is 2. The molecule has 5 nitrogen and oxygen atoms in total. The molecule has 1 rings (SSSR count). The Balaban J connectivity index is 2.93. The smallest absolute Gasteiger partial charge is 0.311 e. The molecule has 0 saturated carbocycles. The molecule has 1 aromatic carbocycles. The van der Waals surface area contributed by atoms with Crippen LogP contribution in [0.4, 0.5) is 0 Å². The van der Waals surface area contributed by atoms with Crippen LogP contribution in [-0.2, 0) is 16.1 Å². The largest absolute Gasteiger partial charge is 0.496 e. The van der Waals surface area contributed by atoms with Gasteiger partial charge in [0.15, 0.2) is 0 Å². The van der Waals surface area contributed by atoms with Gasteiger partial charge in [-0.2, -0.15) is 0 Å². The van der Waals surface area contributed by atoms with Crippen molar-refractivity contribution < 1.29 is 14.3 Å². The fraction of sp³-hybridized carbons (Fsp3) is 0.385. The first-order chi connectivity index (χ1) is 8.36. The second kappa shape index (κ2) is 5.53. The van der Waals surface area contributed by atoms with Crippen molar-refractivity contribution in [3.63, 3.8) is 0 Å². The molecule has 0 saturated heterocycles. The first-order valence-electron chi connectivity index (χ1n) is 5.55. The molecular weight excluding hydrogens is 232 g/mol. The number of nitrogens with zero attached hydrogens (tertiary/aromatic N) is 1. The van der Waals surface area contributed by atoms with Gasteiger partial charge in [0, 0.05) is 13.6 Å². The van der Waals surface area contributed by atoms with Crippen LogP contribution in [0.15, 0.2) is 12.1 Å². The predicted octanol–water partition coefficient (Wildman–Crippen LogP) is 0.756. The molecule has 0 spiro atoms. The van der Waals surface area contributed by atoms with Crippen molar-refractivity contribution in [3.8, 4) is 5.75 Å². The van der Waals surface area contributed by atoms with Gasteiger partial charge in [0.2, 0.25) is 0 Å². The molecule has 1 aromatic rings. The quantitative estimate of drug-likeness (QED) is 0.805. The number of carbonyl (C=O) groups is 2. The van der Waals surface area contributed by atoms with E-state index in [1.54, 1.807) is 14.2 Å². The van der Waals surface area contributed by atoms with Gasteiger partial charge in [-0.05, 0) is 30.5 Å². The number of aryl methyl sites for hydroxylation is 2. The van der Waals surface area contributed by atoms with Crippen molar-refractivity contribution in [2.24, 2.45) is 5.73 Å². The van der Waals surface area contributed by atoms with E-state index in [1.165, 1.54) is 4.90 Å². The summed E-state index contributed by atoms with van der Waals surface area (Å²) in [6.07, 6.45) is 0. The molecule has 5 heteroatoms. The molecule has 0 heterocycles. The highest BCUT2D eigenvalue weighted by atomic mass is 16.5. The maximum atomic E-state index is 11.4. The molecule has 0 atom stereocenters. The molecule has 0 fully saturated rings. The topological polar surface area (TPSA) is 72.6 Å². The van der Waals surface area contributed by atoms with Gasteiger partial charge in [0.25, 0.3) is 0 Å². The molecule has 0 aliphatic rings. The Bertz CT molecular complexity index is 460. The average Bonchev–Trinajstić information content (AvgIpc) is 2.27.